The summed E-state index contributed by atoms with van der Waals surface area (Å²) in [5.41, 5.74) is 10.9. The number of likely N-dealkylation sites (tertiary alicyclic amines) is 1. The van der Waals surface area contributed by atoms with Crippen LogP contribution in [0.4, 0.5) is 0 Å². The van der Waals surface area contributed by atoms with E-state index in [0.717, 1.165) is 0 Å². The quantitative estimate of drug-likeness (QED) is 0.0203. The minimum Gasteiger partial charge on any atom is -0.480 e. The zero-order valence-electron chi connectivity index (χ0n) is 38.8. The maximum Gasteiger partial charge on any atom is 0.325 e. The van der Waals surface area contributed by atoms with E-state index in [-0.39, 0.29) is 63.0 Å². The zero-order valence-corrected chi connectivity index (χ0v) is 38.8. The monoisotopic (exact) mass is 927 g/mol. The molecule has 370 valence electrons. The van der Waals surface area contributed by atoms with Gasteiger partial charge in [0.15, 0.2) is 5.96 Å². The number of aliphatic carboxylic acids is 1. The van der Waals surface area contributed by atoms with Crippen LogP contribution in [0.1, 0.15) is 100 Å². The number of nitrogens with zero attached hydrogens (tertiary/aromatic N) is 1. The van der Waals surface area contributed by atoms with Crippen LogP contribution in [0.25, 0.3) is 0 Å². The van der Waals surface area contributed by atoms with Crippen LogP contribution in [-0.2, 0) is 43.2 Å². The Labute approximate surface area is 380 Å². The molecule has 24 nitrogen and oxygen atoms in total. The van der Waals surface area contributed by atoms with Crippen molar-refractivity contribution in [2.75, 3.05) is 26.3 Å². The summed E-state index contributed by atoms with van der Waals surface area (Å²) in [6, 6.07) is -11.3. The topological polar surface area (TPSA) is 390 Å². The maximum absolute atomic E-state index is 14.0. The summed E-state index contributed by atoms with van der Waals surface area (Å²) < 4.78 is 0. The number of amides is 8. The summed E-state index contributed by atoms with van der Waals surface area (Å²) in [4.78, 5) is 120. The first-order chi connectivity index (χ1) is 30.4. The highest BCUT2D eigenvalue weighted by Crippen LogP contribution is 2.22. The summed E-state index contributed by atoms with van der Waals surface area (Å²) in [7, 11) is 0. The van der Waals surface area contributed by atoms with Gasteiger partial charge >= 0.3 is 5.97 Å². The predicted octanol–water partition coefficient (Wildman–Crippen LogP) is -3.79. The van der Waals surface area contributed by atoms with Gasteiger partial charge in [0.2, 0.25) is 47.3 Å². The molecule has 0 aliphatic carbocycles. The summed E-state index contributed by atoms with van der Waals surface area (Å²) in [6.07, 6.45) is 1.39. The molecular weight excluding hydrogens is 853 g/mol. The van der Waals surface area contributed by atoms with Crippen molar-refractivity contribution in [2.45, 2.75) is 155 Å². The van der Waals surface area contributed by atoms with Crippen LogP contribution < -0.4 is 54.0 Å². The van der Waals surface area contributed by atoms with Crippen LogP contribution in [0.15, 0.2) is 0 Å². The lowest BCUT2D eigenvalue weighted by Gasteiger charge is -2.32. The van der Waals surface area contributed by atoms with Crippen molar-refractivity contribution < 1.29 is 58.5 Å². The molecule has 0 saturated carbocycles. The van der Waals surface area contributed by atoms with Crippen molar-refractivity contribution in [1.29, 1.82) is 5.41 Å². The second-order valence-electron chi connectivity index (χ2n) is 17.3. The van der Waals surface area contributed by atoms with Crippen molar-refractivity contribution in [2.24, 2.45) is 29.2 Å². The first-order valence-corrected chi connectivity index (χ1v) is 22.1. The van der Waals surface area contributed by atoms with Gasteiger partial charge in [-0.05, 0) is 70.1 Å². The minimum atomic E-state index is -1.64. The number of carbonyl (C=O) groups excluding carboxylic acids is 8. The Morgan fingerprint density at radius 1 is 0.677 bits per heavy atom. The van der Waals surface area contributed by atoms with Gasteiger partial charge in [-0.25, -0.2) is 0 Å². The maximum atomic E-state index is 14.0. The van der Waals surface area contributed by atoms with Crippen molar-refractivity contribution in [3.8, 4) is 0 Å². The van der Waals surface area contributed by atoms with E-state index in [1.165, 1.54) is 18.7 Å². The average Bonchev–Trinajstić information content (AvgIpc) is 3.74. The highest BCUT2D eigenvalue weighted by molar-refractivity contribution is 5.98. The van der Waals surface area contributed by atoms with E-state index in [0.29, 0.717) is 12.8 Å². The van der Waals surface area contributed by atoms with Gasteiger partial charge in [-0.2, -0.15) is 0 Å². The van der Waals surface area contributed by atoms with E-state index >= 15 is 0 Å². The number of nitrogens with two attached hydrogens (primary N) is 2. The zero-order chi connectivity index (χ0) is 49.7. The third-order valence-corrected chi connectivity index (χ3v) is 10.7. The normalized spacial score (nSPS) is 17.7. The summed E-state index contributed by atoms with van der Waals surface area (Å²) in [5.74, 6) is -8.59. The molecule has 1 fully saturated rings. The molecule has 10 atom stereocenters. The van der Waals surface area contributed by atoms with Gasteiger partial charge in [0, 0.05) is 13.1 Å². The lowest BCUT2D eigenvalue weighted by atomic mass is 9.96. The highest BCUT2D eigenvalue weighted by atomic mass is 16.4. The first kappa shape index (κ1) is 57.4. The van der Waals surface area contributed by atoms with Gasteiger partial charge in [0.05, 0.1) is 13.2 Å². The number of nitrogens with one attached hydrogen (secondary N) is 9. The number of aliphatic hydroxyl groups is 2. The van der Waals surface area contributed by atoms with Crippen LogP contribution in [0.5, 0.6) is 0 Å². The number of aliphatic hydroxyl groups excluding tert-OH is 2. The van der Waals surface area contributed by atoms with Crippen molar-refractivity contribution in [3.63, 3.8) is 0 Å². The van der Waals surface area contributed by atoms with Gasteiger partial charge in [0.25, 0.3) is 0 Å². The molecule has 24 heteroatoms. The molecule has 1 heterocycles. The highest BCUT2D eigenvalue weighted by Gasteiger charge is 2.41. The molecule has 16 N–H and O–H groups in total. The van der Waals surface area contributed by atoms with E-state index in [4.69, 9.17) is 16.9 Å². The molecule has 8 amide bonds. The van der Waals surface area contributed by atoms with Crippen LogP contribution in [-0.4, -0.2) is 160 Å². The van der Waals surface area contributed by atoms with Gasteiger partial charge in [-0.3, -0.25) is 48.6 Å². The molecular formula is C41H74N12O12. The summed E-state index contributed by atoms with van der Waals surface area (Å²) in [5, 5.41) is 56.5. The lowest BCUT2D eigenvalue weighted by Crippen LogP contribution is -2.61. The van der Waals surface area contributed by atoms with E-state index in [9.17, 15) is 58.5 Å². The van der Waals surface area contributed by atoms with E-state index < -0.39 is 127 Å². The summed E-state index contributed by atoms with van der Waals surface area (Å²) >= 11 is 0. The fraction of sp³-hybridized carbons (Fsp3) is 0.756. The van der Waals surface area contributed by atoms with E-state index in [2.05, 4.69) is 42.5 Å². The fourth-order valence-electron chi connectivity index (χ4n) is 6.77. The number of hydrogen-bond acceptors (Lipinski definition) is 13. The van der Waals surface area contributed by atoms with Crippen LogP contribution in [0.2, 0.25) is 0 Å². The van der Waals surface area contributed by atoms with E-state index in [1.54, 1.807) is 41.5 Å². The fourth-order valence-corrected chi connectivity index (χ4v) is 6.77. The lowest BCUT2D eigenvalue weighted by molar-refractivity contribution is -0.145. The largest absolute Gasteiger partial charge is 0.480 e. The predicted molar refractivity (Wildman–Crippen MR) is 237 cm³/mol. The van der Waals surface area contributed by atoms with Gasteiger partial charge in [-0.1, -0.05) is 48.0 Å². The molecule has 65 heavy (non-hydrogen) atoms. The molecule has 0 spiro atoms. The Morgan fingerprint density at radius 3 is 1.68 bits per heavy atom. The van der Waals surface area contributed by atoms with Gasteiger partial charge in [0.1, 0.15) is 54.4 Å². The van der Waals surface area contributed by atoms with Crippen molar-refractivity contribution in [1.82, 2.24) is 47.4 Å². The second kappa shape index (κ2) is 28.3. The van der Waals surface area contributed by atoms with Gasteiger partial charge in [-0.15, -0.1) is 0 Å². The number of carboxylic acid groups (broad SMARTS) is 1. The Morgan fingerprint density at radius 2 is 1.18 bits per heavy atom. The second-order valence-corrected chi connectivity index (χ2v) is 17.3. The van der Waals surface area contributed by atoms with Crippen LogP contribution in [0.3, 0.4) is 0 Å². The van der Waals surface area contributed by atoms with Crippen molar-refractivity contribution in [3.05, 3.63) is 0 Å². The molecule has 1 aliphatic rings. The number of carbonyl (C=O) groups is 9. The molecule has 1 aliphatic heterocycles. The average molecular weight is 927 g/mol. The van der Waals surface area contributed by atoms with E-state index in [1.807, 2.05) is 0 Å². The molecule has 0 unspecified atom stereocenters. The smallest absolute Gasteiger partial charge is 0.325 e. The minimum absolute atomic E-state index is 0.0798. The third-order valence-electron chi connectivity index (χ3n) is 10.7. The number of guanidine groups is 1. The molecule has 0 aromatic heterocycles. The standard InChI is InChI=1S/C41H74N12O12/c1-9-22(6)31(39(63)53-15-11-13-30(53)38(62)47-24(8)40(64)65)52-37(61)29(19-55)51-34(58)26(12-10-14-45-41(43)44)48-35(59)28(17-21(4)5)50-36(60)27(16-20(2)3)49-32(56)23(7)46-33(57)25(42)18-54/h20-31,54-55H,9-19,42H2,1-8H3,(H,46,57)(H,47,62)(H,48,59)(H,49,56)(H,50,60)(H,51,58)(H,52,61)(H,64,65)(H4,43,44,45)/t22-,23-,24-,25-,26-,27-,28-,29-,30-,31-/m0/s1. The third kappa shape index (κ3) is 19.6. The molecule has 0 aromatic rings. The van der Waals surface area contributed by atoms with Gasteiger partial charge < -0.3 is 74.2 Å². The Kier molecular flexibility index (Phi) is 25.0. The Bertz CT molecular complexity index is 1670. The Balaban J connectivity index is 3.35. The first-order valence-electron chi connectivity index (χ1n) is 22.1. The number of rotatable bonds is 28. The molecule has 0 bridgehead atoms. The van der Waals surface area contributed by atoms with Crippen molar-refractivity contribution >= 4 is 59.2 Å². The molecule has 1 saturated heterocycles. The molecule has 1 rings (SSSR count). The molecule has 0 radical (unpaired) electrons. The Hall–Kier alpha value is -5.62. The summed E-state index contributed by atoms with van der Waals surface area (Å²) in [6.45, 7) is 12.0. The number of hydrogen-bond donors (Lipinski definition) is 14. The SMILES string of the molecule is CC[C@H](C)[C@H](NC(=O)[C@H](CO)NC(=O)[C@H](CCCNC(=N)N)NC(=O)[C@H](CC(C)C)NC(=O)[C@H](CC(C)C)NC(=O)[C@H](C)NC(=O)[C@@H](N)CO)C(=O)N1CCC[C@H]1C(=O)N[C@@H](C)C(=O)O. The number of carboxylic acids is 1. The van der Waals surface area contributed by atoms with Crippen LogP contribution >= 0.6 is 0 Å². The molecule has 0 aromatic carbocycles. The van der Waals surface area contributed by atoms with Crippen LogP contribution in [0, 0.1) is 23.2 Å².